The molecule has 0 unspecified atom stereocenters. The maximum atomic E-state index is 5.96. The fourth-order valence-electron chi connectivity index (χ4n) is 2.95. The Morgan fingerprint density at radius 1 is 1.24 bits per heavy atom. The van der Waals surface area contributed by atoms with Gasteiger partial charge in [0.1, 0.15) is 5.75 Å². The normalized spacial score (nSPS) is 14.0. The van der Waals surface area contributed by atoms with Crippen molar-refractivity contribution in [1.29, 1.82) is 0 Å². The van der Waals surface area contributed by atoms with Crippen molar-refractivity contribution >= 4 is 29.9 Å². The molecule has 29 heavy (non-hydrogen) atoms. The lowest BCUT2D eigenvalue weighted by Gasteiger charge is -2.16. The van der Waals surface area contributed by atoms with Crippen molar-refractivity contribution in [3.05, 3.63) is 41.0 Å². The molecule has 0 fully saturated rings. The fourth-order valence-corrected chi connectivity index (χ4v) is 2.95. The number of methoxy groups -OCH3 is 1. The molecule has 0 aliphatic carbocycles. The number of rotatable bonds is 11. The van der Waals surface area contributed by atoms with Gasteiger partial charge in [-0.1, -0.05) is 23.8 Å². The van der Waals surface area contributed by atoms with Gasteiger partial charge in [-0.15, -0.1) is 24.0 Å². The monoisotopic (exact) mass is 517 g/mol. The molecular formula is C22H36IN3O3. The summed E-state index contributed by atoms with van der Waals surface area (Å²) in [4.78, 5) is 4.75. The summed E-state index contributed by atoms with van der Waals surface area (Å²) in [6.07, 6.45) is 5.11. The molecule has 0 amide bonds. The fraction of sp³-hybridized carbons (Fsp3) is 0.591. The molecule has 2 rings (SSSR count). The molecule has 0 spiro atoms. The molecule has 1 aliphatic rings. The molecule has 6 nitrogen and oxygen atoms in total. The van der Waals surface area contributed by atoms with Gasteiger partial charge in [0.05, 0.1) is 26.4 Å². The van der Waals surface area contributed by atoms with Gasteiger partial charge < -0.3 is 24.8 Å². The van der Waals surface area contributed by atoms with E-state index >= 15 is 0 Å². The van der Waals surface area contributed by atoms with Crippen LogP contribution in [0.25, 0.3) is 0 Å². The van der Waals surface area contributed by atoms with Crippen molar-refractivity contribution in [2.24, 2.45) is 4.99 Å². The van der Waals surface area contributed by atoms with E-state index in [4.69, 9.17) is 19.2 Å². The third-order valence-corrected chi connectivity index (χ3v) is 4.52. The topological polar surface area (TPSA) is 64.1 Å². The highest BCUT2D eigenvalue weighted by molar-refractivity contribution is 14.0. The minimum atomic E-state index is 0. The Morgan fingerprint density at radius 2 is 2.10 bits per heavy atom. The summed E-state index contributed by atoms with van der Waals surface area (Å²) < 4.78 is 16.4. The average molecular weight is 517 g/mol. The molecule has 1 aromatic carbocycles. The number of nitrogens with one attached hydrogen (secondary N) is 2. The Kier molecular flexibility index (Phi) is 13.8. The number of hydrogen-bond acceptors (Lipinski definition) is 4. The van der Waals surface area contributed by atoms with Crippen LogP contribution >= 0.6 is 24.0 Å². The summed E-state index contributed by atoms with van der Waals surface area (Å²) in [6.45, 7) is 9.35. The number of aryl methyl sites for hydroxylation is 1. The molecule has 0 radical (unpaired) electrons. The van der Waals surface area contributed by atoms with Crippen LogP contribution in [0.15, 0.2) is 34.8 Å². The molecule has 2 N–H and O–H groups in total. The van der Waals surface area contributed by atoms with Crippen LogP contribution in [-0.2, 0) is 16.0 Å². The number of ether oxygens (including phenoxy) is 3. The second-order valence-electron chi connectivity index (χ2n) is 6.87. The summed E-state index contributed by atoms with van der Waals surface area (Å²) in [7, 11) is 1.71. The largest absolute Gasteiger partial charge is 0.493 e. The first-order valence-electron chi connectivity index (χ1n) is 10.2. The zero-order chi connectivity index (χ0) is 20.0. The molecule has 0 atom stereocenters. The number of aliphatic imine (C=N–C) groups is 1. The van der Waals surface area contributed by atoms with Crippen LogP contribution in [0, 0.1) is 6.92 Å². The van der Waals surface area contributed by atoms with Crippen LogP contribution in [0.5, 0.6) is 5.75 Å². The first kappa shape index (κ1) is 25.7. The smallest absolute Gasteiger partial charge is 0.191 e. The van der Waals surface area contributed by atoms with Crippen molar-refractivity contribution in [3.63, 3.8) is 0 Å². The lowest BCUT2D eigenvalue weighted by atomic mass is 10.1. The Hall–Kier alpha value is -1.32. The number of benzene rings is 1. The molecule has 1 aliphatic heterocycles. The van der Waals surface area contributed by atoms with E-state index in [0.717, 1.165) is 62.8 Å². The van der Waals surface area contributed by atoms with Gasteiger partial charge in [0, 0.05) is 38.8 Å². The predicted molar refractivity (Wildman–Crippen MR) is 130 cm³/mol. The summed E-state index contributed by atoms with van der Waals surface area (Å²) >= 11 is 0. The molecule has 164 valence electrons. The van der Waals surface area contributed by atoms with Gasteiger partial charge in [-0.25, -0.2) is 4.99 Å². The second-order valence-corrected chi connectivity index (χ2v) is 6.87. The SMILES string of the molecule is CCNC(=NCc1ccc(C)cc1OCCCOC)NCCC1=CCOCC1.I. The van der Waals surface area contributed by atoms with Gasteiger partial charge in [0.15, 0.2) is 5.96 Å². The highest BCUT2D eigenvalue weighted by atomic mass is 127. The van der Waals surface area contributed by atoms with E-state index in [9.17, 15) is 0 Å². The molecule has 0 saturated carbocycles. The van der Waals surface area contributed by atoms with Crippen LogP contribution in [0.2, 0.25) is 0 Å². The van der Waals surface area contributed by atoms with Crippen LogP contribution in [-0.4, -0.2) is 52.6 Å². The maximum Gasteiger partial charge on any atom is 0.191 e. The lowest BCUT2D eigenvalue weighted by Crippen LogP contribution is -2.38. The average Bonchev–Trinajstić information content (AvgIpc) is 2.71. The van der Waals surface area contributed by atoms with E-state index in [-0.39, 0.29) is 24.0 Å². The van der Waals surface area contributed by atoms with Crippen molar-refractivity contribution in [3.8, 4) is 5.75 Å². The standard InChI is InChI=1S/C22H35N3O3.HI/c1-4-23-22(24-11-8-19-9-14-27-15-10-19)25-17-20-7-6-18(2)16-21(20)28-13-5-12-26-3;/h6-7,9,16H,4-5,8,10-15,17H2,1-3H3,(H2,23,24,25);1H. The minimum Gasteiger partial charge on any atom is -0.493 e. The summed E-state index contributed by atoms with van der Waals surface area (Å²) in [5.74, 6) is 1.74. The van der Waals surface area contributed by atoms with Crippen LogP contribution in [0.3, 0.4) is 0 Å². The second kappa shape index (κ2) is 15.5. The summed E-state index contributed by atoms with van der Waals surface area (Å²) in [6, 6.07) is 6.28. The molecule has 1 aromatic rings. The third-order valence-electron chi connectivity index (χ3n) is 4.52. The Bertz CT molecular complexity index is 650. The molecule has 7 heteroatoms. The highest BCUT2D eigenvalue weighted by Gasteiger charge is 2.07. The molecule has 0 saturated heterocycles. The van der Waals surface area contributed by atoms with Gasteiger partial charge >= 0.3 is 0 Å². The van der Waals surface area contributed by atoms with Crippen LogP contribution < -0.4 is 15.4 Å². The van der Waals surface area contributed by atoms with Gasteiger partial charge in [-0.3, -0.25) is 0 Å². The maximum absolute atomic E-state index is 5.96. The van der Waals surface area contributed by atoms with Gasteiger partial charge in [-0.05, 0) is 38.3 Å². The Labute approximate surface area is 192 Å². The Morgan fingerprint density at radius 3 is 2.83 bits per heavy atom. The van der Waals surface area contributed by atoms with E-state index in [2.05, 4.69) is 48.8 Å². The van der Waals surface area contributed by atoms with E-state index < -0.39 is 0 Å². The van der Waals surface area contributed by atoms with Crippen molar-refractivity contribution in [2.45, 2.75) is 39.7 Å². The van der Waals surface area contributed by atoms with Crippen LogP contribution in [0.4, 0.5) is 0 Å². The van der Waals surface area contributed by atoms with Crippen LogP contribution in [0.1, 0.15) is 37.3 Å². The number of guanidine groups is 1. The zero-order valence-corrected chi connectivity index (χ0v) is 20.3. The van der Waals surface area contributed by atoms with Crippen molar-refractivity contribution in [2.75, 3.05) is 46.6 Å². The Balaban J connectivity index is 0.00000420. The molecule has 0 bridgehead atoms. The van der Waals surface area contributed by atoms with E-state index in [1.54, 1.807) is 7.11 Å². The van der Waals surface area contributed by atoms with Gasteiger partial charge in [0.25, 0.3) is 0 Å². The molecule has 0 aromatic heterocycles. The lowest BCUT2D eigenvalue weighted by molar-refractivity contribution is 0.153. The minimum absolute atomic E-state index is 0. The van der Waals surface area contributed by atoms with Crippen molar-refractivity contribution in [1.82, 2.24) is 10.6 Å². The molecular weight excluding hydrogens is 481 g/mol. The van der Waals surface area contributed by atoms with Gasteiger partial charge in [-0.2, -0.15) is 0 Å². The third kappa shape index (κ3) is 10.3. The van der Waals surface area contributed by atoms with E-state index in [0.29, 0.717) is 19.8 Å². The first-order valence-corrected chi connectivity index (χ1v) is 10.2. The summed E-state index contributed by atoms with van der Waals surface area (Å²) in [5, 5.41) is 6.75. The molecule has 1 heterocycles. The van der Waals surface area contributed by atoms with Gasteiger partial charge in [0.2, 0.25) is 0 Å². The highest BCUT2D eigenvalue weighted by Crippen LogP contribution is 2.21. The number of nitrogens with zero attached hydrogens (tertiary/aromatic N) is 1. The van der Waals surface area contributed by atoms with Crippen molar-refractivity contribution < 1.29 is 14.2 Å². The van der Waals surface area contributed by atoms with E-state index in [1.165, 1.54) is 11.1 Å². The predicted octanol–water partition coefficient (Wildman–Crippen LogP) is 3.82. The zero-order valence-electron chi connectivity index (χ0n) is 18.0. The first-order chi connectivity index (χ1) is 13.7. The number of halogens is 1. The quantitative estimate of drug-likeness (QED) is 0.154. The van der Waals surface area contributed by atoms with E-state index in [1.807, 2.05) is 0 Å². The summed E-state index contributed by atoms with van der Waals surface area (Å²) in [5.41, 5.74) is 3.73. The number of hydrogen-bond donors (Lipinski definition) is 2.